The van der Waals surface area contributed by atoms with Gasteiger partial charge < -0.3 is 9.84 Å². The minimum absolute atomic E-state index is 0.238. The van der Waals surface area contributed by atoms with Crippen LogP contribution in [0.15, 0.2) is 42.5 Å². The number of ether oxygens (including phenoxy) is 1. The van der Waals surface area contributed by atoms with E-state index in [1.165, 1.54) is 12.1 Å². The van der Waals surface area contributed by atoms with Crippen LogP contribution in [0.3, 0.4) is 0 Å². The second kappa shape index (κ2) is 5.00. The van der Waals surface area contributed by atoms with E-state index in [1.54, 1.807) is 12.1 Å². The molecular formula is C14H11N3O3. The number of carbonyl (C=O) groups is 1. The Morgan fingerprint density at radius 3 is 2.75 bits per heavy atom. The molecule has 20 heavy (non-hydrogen) atoms. The zero-order valence-electron chi connectivity index (χ0n) is 10.4. The van der Waals surface area contributed by atoms with Gasteiger partial charge in [0.2, 0.25) is 0 Å². The summed E-state index contributed by atoms with van der Waals surface area (Å²) in [7, 11) is 0. The third-order valence-corrected chi connectivity index (χ3v) is 2.90. The van der Waals surface area contributed by atoms with Gasteiger partial charge in [-0.15, -0.1) is 5.10 Å². The van der Waals surface area contributed by atoms with Crippen LogP contribution < -0.4 is 4.74 Å². The highest BCUT2D eigenvalue weighted by atomic mass is 16.5. The summed E-state index contributed by atoms with van der Waals surface area (Å²) in [5.74, 6) is -0.327. The first-order valence-corrected chi connectivity index (χ1v) is 5.98. The summed E-state index contributed by atoms with van der Waals surface area (Å²) in [5, 5.41) is 19.2. The summed E-state index contributed by atoms with van der Waals surface area (Å²) in [6.45, 7) is 0.390. The molecule has 0 saturated carbocycles. The molecule has 3 rings (SSSR count). The molecule has 6 heteroatoms. The smallest absolute Gasteiger partial charge is 0.335 e. The Morgan fingerprint density at radius 2 is 2.00 bits per heavy atom. The van der Waals surface area contributed by atoms with Crippen molar-refractivity contribution in [1.82, 2.24) is 15.4 Å². The van der Waals surface area contributed by atoms with Crippen LogP contribution in [0.25, 0.3) is 11.0 Å². The van der Waals surface area contributed by atoms with E-state index in [-0.39, 0.29) is 5.56 Å². The van der Waals surface area contributed by atoms with Gasteiger partial charge in [0.1, 0.15) is 17.9 Å². The number of aromatic amines is 1. The van der Waals surface area contributed by atoms with Crippen molar-refractivity contribution in [2.45, 2.75) is 6.61 Å². The van der Waals surface area contributed by atoms with Crippen LogP contribution in [0.4, 0.5) is 0 Å². The van der Waals surface area contributed by atoms with Crippen molar-refractivity contribution in [3.05, 3.63) is 53.6 Å². The zero-order valence-corrected chi connectivity index (χ0v) is 10.4. The van der Waals surface area contributed by atoms with Gasteiger partial charge in [-0.3, -0.25) is 5.10 Å². The Balaban J connectivity index is 1.70. The molecule has 1 heterocycles. The fourth-order valence-corrected chi connectivity index (χ4v) is 1.84. The number of nitrogens with one attached hydrogen (secondary N) is 1. The van der Waals surface area contributed by atoms with Crippen LogP contribution in [0.2, 0.25) is 0 Å². The fraction of sp³-hybridized carbons (Fsp3) is 0.0714. The zero-order chi connectivity index (χ0) is 13.9. The van der Waals surface area contributed by atoms with Crippen LogP contribution in [0.5, 0.6) is 5.75 Å². The standard InChI is InChI=1S/C14H11N3O3/c18-14(19)10-2-4-11(5-3-10)20-8-9-1-6-12-13(7-9)16-17-15-12/h1-7H,8H2,(H,18,19)(H,15,16,17). The number of carboxylic acids is 1. The number of aromatic carboxylic acids is 1. The first-order valence-electron chi connectivity index (χ1n) is 5.98. The molecule has 0 saturated heterocycles. The second-order valence-corrected chi connectivity index (χ2v) is 4.28. The summed E-state index contributed by atoms with van der Waals surface area (Å²) in [5.41, 5.74) is 2.88. The maximum absolute atomic E-state index is 10.7. The van der Waals surface area contributed by atoms with Crippen molar-refractivity contribution in [2.75, 3.05) is 0 Å². The van der Waals surface area contributed by atoms with Crippen molar-refractivity contribution in [1.29, 1.82) is 0 Å². The molecule has 0 bridgehead atoms. The molecule has 0 fully saturated rings. The van der Waals surface area contributed by atoms with E-state index in [0.717, 1.165) is 16.6 Å². The van der Waals surface area contributed by atoms with Crippen molar-refractivity contribution in [3.63, 3.8) is 0 Å². The maximum atomic E-state index is 10.7. The number of aromatic nitrogens is 3. The second-order valence-electron chi connectivity index (χ2n) is 4.28. The Bertz CT molecular complexity index is 750. The minimum atomic E-state index is -0.950. The molecule has 0 spiro atoms. The molecule has 1 aromatic heterocycles. The lowest BCUT2D eigenvalue weighted by atomic mass is 10.2. The maximum Gasteiger partial charge on any atom is 0.335 e. The first-order chi connectivity index (χ1) is 9.72. The van der Waals surface area contributed by atoms with Gasteiger partial charge in [-0.1, -0.05) is 11.3 Å². The van der Waals surface area contributed by atoms with Gasteiger partial charge in [0.05, 0.1) is 11.1 Å². The highest BCUT2D eigenvalue weighted by Crippen LogP contribution is 2.16. The van der Waals surface area contributed by atoms with Gasteiger partial charge >= 0.3 is 5.97 Å². The summed E-state index contributed by atoms with van der Waals surface area (Å²) in [4.78, 5) is 10.7. The monoisotopic (exact) mass is 269 g/mol. The number of rotatable bonds is 4. The average Bonchev–Trinajstić information content (AvgIpc) is 2.93. The lowest BCUT2D eigenvalue weighted by molar-refractivity contribution is 0.0697. The van der Waals surface area contributed by atoms with Crippen molar-refractivity contribution in [2.24, 2.45) is 0 Å². The molecule has 0 aliphatic rings. The highest BCUT2D eigenvalue weighted by molar-refractivity contribution is 5.87. The molecule has 0 radical (unpaired) electrons. The van der Waals surface area contributed by atoms with E-state index >= 15 is 0 Å². The van der Waals surface area contributed by atoms with E-state index in [9.17, 15) is 4.79 Å². The number of H-pyrrole nitrogens is 1. The van der Waals surface area contributed by atoms with E-state index < -0.39 is 5.97 Å². The van der Waals surface area contributed by atoms with Gasteiger partial charge in [-0.25, -0.2) is 4.79 Å². The van der Waals surface area contributed by atoms with Gasteiger partial charge in [0, 0.05) is 0 Å². The predicted molar refractivity (Wildman–Crippen MR) is 71.6 cm³/mol. The summed E-state index contributed by atoms with van der Waals surface area (Å²) in [6, 6.07) is 12.0. The molecule has 6 nitrogen and oxygen atoms in total. The molecule has 100 valence electrons. The number of fused-ring (bicyclic) bond motifs is 1. The number of benzene rings is 2. The number of hydrogen-bond acceptors (Lipinski definition) is 4. The molecule has 0 aliphatic heterocycles. The molecule has 3 aromatic rings. The van der Waals surface area contributed by atoms with E-state index in [4.69, 9.17) is 9.84 Å². The molecule has 0 aliphatic carbocycles. The van der Waals surface area contributed by atoms with Crippen LogP contribution in [0.1, 0.15) is 15.9 Å². The Morgan fingerprint density at radius 1 is 1.20 bits per heavy atom. The Labute approximate surface area is 114 Å². The molecule has 2 aromatic carbocycles. The van der Waals surface area contributed by atoms with Crippen LogP contribution in [-0.2, 0) is 6.61 Å². The van der Waals surface area contributed by atoms with E-state index in [1.807, 2.05) is 18.2 Å². The average molecular weight is 269 g/mol. The number of carboxylic acid groups (broad SMARTS) is 1. The molecular weight excluding hydrogens is 258 g/mol. The van der Waals surface area contributed by atoms with Gasteiger partial charge in [0.15, 0.2) is 0 Å². The third kappa shape index (κ3) is 2.44. The fourth-order valence-electron chi connectivity index (χ4n) is 1.84. The molecule has 0 unspecified atom stereocenters. The Kier molecular flexibility index (Phi) is 3.04. The molecule has 2 N–H and O–H groups in total. The first kappa shape index (κ1) is 12.2. The topological polar surface area (TPSA) is 88.1 Å². The van der Waals surface area contributed by atoms with E-state index in [0.29, 0.717) is 12.4 Å². The van der Waals surface area contributed by atoms with E-state index in [2.05, 4.69) is 15.4 Å². The summed E-state index contributed by atoms with van der Waals surface area (Å²) >= 11 is 0. The lowest BCUT2D eigenvalue weighted by Crippen LogP contribution is -1.98. The van der Waals surface area contributed by atoms with Crippen LogP contribution in [0, 0.1) is 0 Å². The lowest BCUT2D eigenvalue weighted by Gasteiger charge is -2.06. The third-order valence-electron chi connectivity index (χ3n) is 2.90. The largest absolute Gasteiger partial charge is 0.489 e. The van der Waals surface area contributed by atoms with Gasteiger partial charge in [0.25, 0.3) is 0 Å². The molecule has 0 amide bonds. The van der Waals surface area contributed by atoms with Crippen molar-refractivity contribution in [3.8, 4) is 5.75 Å². The molecule has 0 atom stereocenters. The SMILES string of the molecule is O=C(O)c1ccc(OCc2ccc3nn[nH]c3c2)cc1. The quantitative estimate of drug-likeness (QED) is 0.758. The van der Waals surface area contributed by atoms with Crippen LogP contribution in [-0.4, -0.2) is 26.5 Å². The minimum Gasteiger partial charge on any atom is -0.489 e. The summed E-state index contributed by atoms with van der Waals surface area (Å²) in [6.07, 6.45) is 0. The Hall–Kier alpha value is -2.89. The van der Waals surface area contributed by atoms with Crippen LogP contribution >= 0.6 is 0 Å². The summed E-state index contributed by atoms with van der Waals surface area (Å²) < 4.78 is 5.60. The number of nitrogens with zero attached hydrogens (tertiary/aromatic N) is 2. The highest BCUT2D eigenvalue weighted by Gasteiger charge is 2.03. The van der Waals surface area contributed by atoms with Gasteiger partial charge in [-0.05, 0) is 42.0 Å². The van der Waals surface area contributed by atoms with Crippen molar-refractivity contribution >= 4 is 17.0 Å². The number of hydrogen-bond donors (Lipinski definition) is 2. The normalized spacial score (nSPS) is 10.6. The van der Waals surface area contributed by atoms with Gasteiger partial charge in [-0.2, -0.15) is 0 Å². The predicted octanol–water partition coefficient (Wildman–Crippen LogP) is 2.24. The van der Waals surface area contributed by atoms with Crippen molar-refractivity contribution < 1.29 is 14.6 Å².